The Hall–Kier alpha value is -2.85. The lowest BCUT2D eigenvalue weighted by atomic mass is 9.69. The summed E-state index contributed by atoms with van der Waals surface area (Å²) in [6, 6.07) is 3.76. The number of hydrogen-bond donors (Lipinski definition) is 1. The first kappa shape index (κ1) is 24.3. The number of aryl methyl sites for hydroxylation is 1. The fourth-order valence-electron chi connectivity index (χ4n) is 5.13. The van der Waals surface area contributed by atoms with Crippen molar-refractivity contribution in [3.05, 3.63) is 47.3 Å². The van der Waals surface area contributed by atoms with E-state index in [1.165, 1.54) is 12.1 Å². The first-order valence-electron chi connectivity index (χ1n) is 11.4. The number of nitrogens with one attached hydrogen (secondary N) is 1. The number of ether oxygens (including phenoxy) is 2. The van der Waals surface area contributed by atoms with E-state index in [4.69, 9.17) is 9.47 Å². The summed E-state index contributed by atoms with van der Waals surface area (Å²) in [6.45, 7) is 3.05. The van der Waals surface area contributed by atoms with Crippen molar-refractivity contribution in [3.8, 4) is 6.01 Å². The largest absolute Gasteiger partial charge is 0.461 e. The predicted octanol–water partition coefficient (Wildman–Crippen LogP) is 3.39. The first-order chi connectivity index (χ1) is 16.2. The third kappa shape index (κ3) is 4.56. The fourth-order valence-corrected chi connectivity index (χ4v) is 5.13. The fraction of sp³-hybridized carbons (Fsp3) is 0.542. The molecular weight excluding hydrogens is 444 g/mol. The van der Waals surface area contributed by atoms with E-state index in [9.17, 15) is 13.6 Å². The van der Waals surface area contributed by atoms with Gasteiger partial charge in [-0.1, -0.05) is 0 Å². The quantitative estimate of drug-likeness (QED) is 0.619. The van der Waals surface area contributed by atoms with Crippen LogP contribution in [-0.4, -0.2) is 67.4 Å². The number of amides is 2. The van der Waals surface area contributed by atoms with E-state index in [-0.39, 0.29) is 12.0 Å². The van der Waals surface area contributed by atoms with Gasteiger partial charge in [0.05, 0.1) is 36.3 Å². The maximum atomic E-state index is 14.0. The van der Waals surface area contributed by atoms with Crippen molar-refractivity contribution in [2.75, 3.05) is 45.9 Å². The highest BCUT2D eigenvalue weighted by atomic mass is 19.1. The second-order valence-electron chi connectivity index (χ2n) is 9.35. The number of aromatic nitrogens is 2. The van der Waals surface area contributed by atoms with Crippen molar-refractivity contribution in [1.82, 2.24) is 20.2 Å². The Labute approximate surface area is 198 Å². The van der Waals surface area contributed by atoms with E-state index in [1.54, 1.807) is 18.2 Å². The molecule has 0 atom stereocenters. The first-order valence-corrected chi connectivity index (χ1v) is 11.4. The molecule has 4 rings (SSSR count). The minimum atomic E-state index is -0.582. The van der Waals surface area contributed by atoms with Gasteiger partial charge in [-0.25, -0.2) is 18.6 Å². The van der Waals surface area contributed by atoms with E-state index in [1.807, 2.05) is 25.9 Å². The summed E-state index contributed by atoms with van der Waals surface area (Å²) in [6.07, 6.45) is 4.25. The summed E-state index contributed by atoms with van der Waals surface area (Å²) in [5.41, 5.74) is 0.961. The van der Waals surface area contributed by atoms with Crippen molar-refractivity contribution in [2.24, 2.45) is 0 Å². The number of nitrogens with zero attached hydrogens (tertiary/aromatic N) is 4. The Morgan fingerprint density at radius 3 is 2.38 bits per heavy atom. The van der Waals surface area contributed by atoms with Crippen LogP contribution in [0.4, 0.5) is 19.3 Å². The summed E-state index contributed by atoms with van der Waals surface area (Å²) in [4.78, 5) is 25.3. The zero-order chi connectivity index (χ0) is 24.5. The molecule has 8 nitrogen and oxygen atoms in total. The van der Waals surface area contributed by atoms with Crippen LogP contribution in [0.2, 0.25) is 0 Å². The molecule has 1 aliphatic carbocycles. The highest BCUT2D eigenvalue weighted by Gasteiger charge is 2.50. The van der Waals surface area contributed by atoms with Gasteiger partial charge in [0.2, 0.25) is 0 Å². The number of carbonyl (C=O) groups excluding carboxylic acids is 1. The molecule has 10 heteroatoms. The third-order valence-electron chi connectivity index (χ3n) is 7.11. The molecule has 184 valence electrons. The minimum absolute atomic E-state index is 0.200. The molecule has 34 heavy (non-hydrogen) atoms. The zero-order valence-electron chi connectivity index (χ0n) is 20.0. The highest BCUT2D eigenvalue weighted by molar-refractivity contribution is 5.95. The Morgan fingerprint density at radius 2 is 1.79 bits per heavy atom. The smallest absolute Gasteiger partial charge is 0.322 e. The summed E-state index contributed by atoms with van der Waals surface area (Å²) < 4.78 is 38.4. The van der Waals surface area contributed by atoms with Crippen LogP contribution in [0.5, 0.6) is 6.01 Å². The molecule has 1 aromatic carbocycles. The summed E-state index contributed by atoms with van der Waals surface area (Å²) in [7, 11) is 5.44. The number of urea groups is 1. The summed E-state index contributed by atoms with van der Waals surface area (Å²) in [5, 5.41) is 3.17. The number of halogens is 2. The van der Waals surface area contributed by atoms with Gasteiger partial charge >= 0.3 is 12.0 Å². The van der Waals surface area contributed by atoms with Crippen LogP contribution in [0.1, 0.15) is 36.9 Å². The Morgan fingerprint density at radius 1 is 1.12 bits per heavy atom. The van der Waals surface area contributed by atoms with E-state index in [2.05, 4.69) is 15.3 Å². The molecule has 1 aliphatic heterocycles. The normalized spacial score (nSPS) is 24.7. The molecule has 2 fully saturated rings. The molecule has 1 spiro atoms. The third-order valence-corrected chi connectivity index (χ3v) is 7.11. The average Bonchev–Trinajstić information content (AvgIpc) is 3.09. The predicted molar refractivity (Wildman–Crippen MR) is 123 cm³/mol. The van der Waals surface area contributed by atoms with Crippen LogP contribution in [0.15, 0.2) is 24.4 Å². The molecule has 1 saturated carbocycles. The second kappa shape index (κ2) is 9.42. The van der Waals surface area contributed by atoms with E-state index in [0.29, 0.717) is 62.4 Å². The van der Waals surface area contributed by atoms with Crippen molar-refractivity contribution >= 4 is 11.7 Å². The SMILES string of the molecule is COCCOc1ncc(N2CC3(CCC(c4cc(F)cc(F)c4)(N(C)C)CC3)NC2=O)c(C)n1. The number of anilines is 1. The summed E-state index contributed by atoms with van der Waals surface area (Å²) in [5.74, 6) is -1.16. The summed E-state index contributed by atoms with van der Waals surface area (Å²) >= 11 is 0. The topological polar surface area (TPSA) is 79.8 Å². The number of methoxy groups -OCH3 is 1. The lowest BCUT2D eigenvalue weighted by Gasteiger charge is -2.48. The molecule has 1 N–H and O–H groups in total. The maximum Gasteiger partial charge on any atom is 0.322 e. The number of carbonyl (C=O) groups is 1. The van der Waals surface area contributed by atoms with Crippen molar-refractivity contribution in [2.45, 2.75) is 43.7 Å². The lowest BCUT2D eigenvalue weighted by Crippen LogP contribution is -2.54. The van der Waals surface area contributed by atoms with Gasteiger partial charge in [-0.2, -0.15) is 4.98 Å². The van der Waals surface area contributed by atoms with E-state index in [0.717, 1.165) is 6.07 Å². The molecule has 2 aromatic rings. The average molecular weight is 476 g/mol. The highest BCUT2D eigenvalue weighted by Crippen LogP contribution is 2.46. The van der Waals surface area contributed by atoms with Gasteiger partial charge in [0.1, 0.15) is 18.2 Å². The van der Waals surface area contributed by atoms with Crippen LogP contribution >= 0.6 is 0 Å². The standard InChI is InChI=1S/C24H31F2N5O3/c1-16-20(14-27-21(28-16)34-10-9-33-4)31-15-23(29-22(31)32)5-7-24(8-6-23,30(2)3)17-11-18(25)13-19(26)12-17/h11-14H,5-10,15H2,1-4H3,(H,29,32). The second-order valence-corrected chi connectivity index (χ2v) is 9.35. The Bertz CT molecular complexity index is 1040. The molecule has 0 bridgehead atoms. The molecule has 2 aliphatic rings. The molecule has 2 amide bonds. The van der Waals surface area contributed by atoms with Gasteiger partial charge in [0.15, 0.2) is 0 Å². The van der Waals surface area contributed by atoms with Crippen molar-refractivity contribution in [3.63, 3.8) is 0 Å². The van der Waals surface area contributed by atoms with Gasteiger partial charge in [0, 0.05) is 18.7 Å². The van der Waals surface area contributed by atoms with Gasteiger partial charge < -0.3 is 14.8 Å². The number of rotatable bonds is 7. The molecule has 0 radical (unpaired) electrons. The molecule has 0 unspecified atom stereocenters. The Balaban J connectivity index is 1.51. The van der Waals surface area contributed by atoms with Gasteiger partial charge in [-0.15, -0.1) is 0 Å². The Kier molecular flexibility index (Phi) is 6.73. The van der Waals surface area contributed by atoms with Crippen LogP contribution in [0, 0.1) is 18.6 Å². The van der Waals surface area contributed by atoms with Crippen molar-refractivity contribution < 1.29 is 23.0 Å². The molecule has 2 heterocycles. The van der Waals surface area contributed by atoms with Crippen molar-refractivity contribution in [1.29, 1.82) is 0 Å². The van der Waals surface area contributed by atoms with Crippen LogP contribution in [0.3, 0.4) is 0 Å². The minimum Gasteiger partial charge on any atom is -0.461 e. The van der Waals surface area contributed by atoms with Gasteiger partial charge in [-0.05, 0) is 64.4 Å². The molecular formula is C24H31F2N5O3. The lowest BCUT2D eigenvalue weighted by molar-refractivity contribution is 0.0652. The van der Waals surface area contributed by atoms with E-state index < -0.39 is 22.7 Å². The van der Waals surface area contributed by atoms with Crippen LogP contribution in [-0.2, 0) is 10.3 Å². The monoisotopic (exact) mass is 475 g/mol. The molecule has 1 saturated heterocycles. The maximum absolute atomic E-state index is 14.0. The van der Waals surface area contributed by atoms with Crippen LogP contribution < -0.4 is 15.0 Å². The van der Waals surface area contributed by atoms with Gasteiger partial charge in [0.25, 0.3) is 0 Å². The van der Waals surface area contributed by atoms with Gasteiger partial charge in [-0.3, -0.25) is 9.80 Å². The van der Waals surface area contributed by atoms with E-state index >= 15 is 0 Å². The van der Waals surface area contributed by atoms with Crippen LogP contribution in [0.25, 0.3) is 0 Å². The molecule has 1 aromatic heterocycles. The zero-order valence-corrected chi connectivity index (χ0v) is 20.0. The number of hydrogen-bond acceptors (Lipinski definition) is 6. The number of benzene rings is 1.